The maximum Gasteiger partial charge on any atom is 0.220 e. The summed E-state index contributed by atoms with van der Waals surface area (Å²) in [7, 11) is 0. The number of benzene rings is 1. The molecular formula is C18H29N3O. The van der Waals surface area contributed by atoms with Crippen molar-refractivity contribution in [1.82, 2.24) is 10.2 Å². The minimum Gasteiger partial charge on any atom is -0.353 e. The lowest BCUT2D eigenvalue weighted by molar-refractivity contribution is -0.123. The molecule has 1 aromatic rings. The van der Waals surface area contributed by atoms with Crippen LogP contribution in [-0.2, 0) is 11.3 Å². The maximum atomic E-state index is 12.0. The van der Waals surface area contributed by atoms with Gasteiger partial charge >= 0.3 is 0 Å². The molecule has 0 radical (unpaired) electrons. The Morgan fingerprint density at radius 2 is 1.86 bits per heavy atom. The Hall–Kier alpha value is -1.39. The Morgan fingerprint density at radius 3 is 2.45 bits per heavy atom. The molecule has 0 aromatic heterocycles. The average molecular weight is 303 g/mol. The zero-order chi connectivity index (χ0) is 15.9. The Bertz CT molecular complexity index is 451. The second-order valence-corrected chi connectivity index (χ2v) is 6.62. The van der Waals surface area contributed by atoms with Crippen molar-refractivity contribution in [2.75, 3.05) is 19.6 Å². The van der Waals surface area contributed by atoms with E-state index in [4.69, 9.17) is 5.73 Å². The molecule has 2 unspecified atom stereocenters. The molecule has 1 amide bonds. The van der Waals surface area contributed by atoms with E-state index in [9.17, 15) is 4.79 Å². The monoisotopic (exact) mass is 303 g/mol. The molecule has 3 N–H and O–H groups in total. The van der Waals surface area contributed by atoms with Gasteiger partial charge in [0.25, 0.3) is 0 Å². The molecule has 122 valence electrons. The highest BCUT2D eigenvalue weighted by Gasteiger charge is 2.32. The van der Waals surface area contributed by atoms with Crippen molar-refractivity contribution < 1.29 is 4.79 Å². The van der Waals surface area contributed by atoms with Crippen LogP contribution < -0.4 is 11.1 Å². The number of piperidine rings is 1. The van der Waals surface area contributed by atoms with Gasteiger partial charge in [0.05, 0.1) is 0 Å². The van der Waals surface area contributed by atoms with E-state index in [1.54, 1.807) is 0 Å². The van der Waals surface area contributed by atoms with Crippen molar-refractivity contribution in [2.24, 2.45) is 17.6 Å². The fourth-order valence-corrected chi connectivity index (χ4v) is 3.45. The fraction of sp³-hybridized carbons (Fsp3) is 0.611. The van der Waals surface area contributed by atoms with Crippen molar-refractivity contribution in [3.05, 3.63) is 35.9 Å². The molecular weight excluding hydrogens is 274 g/mol. The zero-order valence-electron chi connectivity index (χ0n) is 13.8. The van der Waals surface area contributed by atoms with Gasteiger partial charge in [-0.15, -0.1) is 0 Å². The molecule has 4 heteroatoms. The van der Waals surface area contributed by atoms with Gasteiger partial charge in [-0.3, -0.25) is 9.69 Å². The van der Waals surface area contributed by atoms with Gasteiger partial charge in [-0.05, 0) is 30.4 Å². The quantitative estimate of drug-likeness (QED) is 0.845. The average Bonchev–Trinajstić information content (AvgIpc) is 2.50. The Kier molecular flexibility index (Phi) is 6.40. The first-order valence-corrected chi connectivity index (χ1v) is 8.36. The van der Waals surface area contributed by atoms with Gasteiger partial charge in [0.15, 0.2) is 0 Å². The van der Waals surface area contributed by atoms with Crippen molar-refractivity contribution in [2.45, 2.75) is 39.3 Å². The number of nitrogens with one attached hydrogen (secondary N) is 1. The number of hydrogen-bond acceptors (Lipinski definition) is 3. The van der Waals surface area contributed by atoms with E-state index in [0.717, 1.165) is 26.1 Å². The van der Waals surface area contributed by atoms with Crippen molar-refractivity contribution in [1.29, 1.82) is 0 Å². The highest BCUT2D eigenvalue weighted by Crippen LogP contribution is 2.23. The van der Waals surface area contributed by atoms with Gasteiger partial charge < -0.3 is 11.1 Å². The fourth-order valence-electron chi connectivity index (χ4n) is 3.45. The Labute approximate surface area is 134 Å². The van der Waals surface area contributed by atoms with Gasteiger partial charge in [0.2, 0.25) is 5.91 Å². The molecule has 0 saturated carbocycles. The first-order chi connectivity index (χ1) is 10.6. The molecule has 1 fully saturated rings. The third-order valence-electron chi connectivity index (χ3n) is 4.50. The van der Waals surface area contributed by atoms with Crippen LogP contribution in [0.3, 0.4) is 0 Å². The van der Waals surface area contributed by atoms with Crippen LogP contribution in [0.5, 0.6) is 0 Å². The molecule has 1 aromatic carbocycles. The number of nitrogens with zero attached hydrogens (tertiary/aromatic N) is 1. The van der Waals surface area contributed by atoms with Gasteiger partial charge in [0, 0.05) is 32.1 Å². The van der Waals surface area contributed by atoms with Crippen LogP contribution >= 0.6 is 0 Å². The standard InChI is InChI=1S/C18H29N3O/c1-14-11-21(13-16-7-4-3-5-8-16)12-15(2)18(14)20-17(22)9-6-10-19/h3-5,7-8,14-15,18H,6,9-13,19H2,1-2H3,(H,20,22). The smallest absolute Gasteiger partial charge is 0.220 e. The third kappa shape index (κ3) is 4.82. The number of likely N-dealkylation sites (tertiary alicyclic amines) is 1. The molecule has 4 nitrogen and oxygen atoms in total. The highest BCUT2D eigenvalue weighted by atomic mass is 16.1. The highest BCUT2D eigenvalue weighted by molar-refractivity contribution is 5.76. The van der Waals surface area contributed by atoms with Crippen LogP contribution in [0, 0.1) is 11.8 Å². The maximum absolute atomic E-state index is 12.0. The van der Waals surface area contributed by atoms with Crippen LogP contribution in [0.2, 0.25) is 0 Å². The Morgan fingerprint density at radius 1 is 1.23 bits per heavy atom. The minimum absolute atomic E-state index is 0.144. The van der Waals surface area contributed by atoms with E-state index in [0.29, 0.717) is 24.8 Å². The molecule has 1 aliphatic rings. The molecule has 2 atom stereocenters. The van der Waals surface area contributed by atoms with Gasteiger partial charge in [-0.25, -0.2) is 0 Å². The van der Waals surface area contributed by atoms with E-state index in [-0.39, 0.29) is 11.9 Å². The predicted octanol–water partition coefficient (Wildman–Crippen LogP) is 2.00. The molecule has 22 heavy (non-hydrogen) atoms. The first-order valence-electron chi connectivity index (χ1n) is 8.36. The molecule has 1 heterocycles. The lowest BCUT2D eigenvalue weighted by atomic mass is 9.85. The number of hydrogen-bond donors (Lipinski definition) is 2. The van der Waals surface area contributed by atoms with E-state index < -0.39 is 0 Å². The third-order valence-corrected chi connectivity index (χ3v) is 4.50. The summed E-state index contributed by atoms with van der Waals surface area (Å²) in [5, 5.41) is 3.22. The van der Waals surface area contributed by atoms with Crippen molar-refractivity contribution >= 4 is 5.91 Å². The van der Waals surface area contributed by atoms with Crippen LogP contribution in [0.25, 0.3) is 0 Å². The molecule has 0 bridgehead atoms. The van der Waals surface area contributed by atoms with Crippen LogP contribution in [0.15, 0.2) is 30.3 Å². The predicted molar refractivity (Wildman–Crippen MR) is 90.3 cm³/mol. The summed E-state index contributed by atoms with van der Waals surface area (Å²) in [6.07, 6.45) is 1.31. The molecule has 2 rings (SSSR count). The SMILES string of the molecule is CC1CN(Cc2ccccc2)CC(C)C1NC(=O)CCCN. The largest absolute Gasteiger partial charge is 0.353 e. The van der Waals surface area contributed by atoms with E-state index in [1.165, 1.54) is 5.56 Å². The van der Waals surface area contributed by atoms with Crippen molar-refractivity contribution in [3.63, 3.8) is 0 Å². The second kappa shape index (κ2) is 8.30. The topological polar surface area (TPSA) is 58.4 Å². The Balaban J connectivity index is 1.87. The molecule has 1 aliphatic heterocycles. The second-order valence-electron chi connectivity index (χ2n) is 6.62. The molecule has 0 aliphatic carbocycles. The van der Waals surface area contributed by atoms with Crippen LogP contribution in [0.1, 0.15) is 32.3 Å². The lowest BCUT2D eigenvalue weighted by Gasteiger charge is -2.41. The summed E-state index contributed by atoms with van der Waals surface area (Å²) >= 11 is 0. The summed E-state index contributed by atoms with van der Waals surface area (Å²) in [6, 6.07) is 10.9. The summed E-state index contributed by atoms with van der Waals surface area (Å²) in [5.41, 5.74) is 6.82. The number of carbonyl (C=O) groups is 1. The normalized spacial score (nSPS) is 25.9. The first kappa shape index (κ1) is 17.0. The zero-order valence-corrected chi connectivity index (χ0v) is 13.8. The summed E-state index contributed by atoms with van der Waals surface area (Å²) in [5.74, 6) is 1.08. The molecule has 1 saturated heterocycles. The summed E-state index contributed by atoms with van der Waals surface area (Å²) < 4.78 is 0. The minimum atomic E-state index is 0.144. The van der Waals surface area contributed by atoms with Gasteiger partial charge in [-0.1, -0.05) is 44.2 Å². The lowest BCUT2D eigenvalue weighted by Crippen LogP contribution is -2.54. The number of carbonyl (C=O) groups excluding carboxylic acids is 1. The molecule has 0 spiro atoms. The van der Waals surface area contributed by atoms with E-state index in [1.807, 2.05) is 0 Å². The van der Waals surface area contributed by atoms with Crippen molar-refractivity contribution in [3.8, 4) is 0 Å². The van der Waals surface area contributed by atoms with E-state index >= 15 is 0 Å². The summed E-state index contributed by atoms with van der Waals surface area (Å²) in [6.45, 7) is 8.10. The van der Waals surface area contributed by atoms with E-state index in [2.05, 4.69) is 54.4 Å². The van der Waals surface area contributed by atoms with Gasteiger partial charge in [-0.2, -0.15) is 0 Å². The van der Waals surface area contributed by atoms with Crippen LogP contribution in [0.4, 0.5) is 0 Å². The van der Waals surface area contributed by atoms with Crippen LogP contribution in [-0.4, -0.2) is 36.5 Å². The summed E-state index contributed by atoms with van der Waals surface area (Å²) in [4.78, 5) is 14.4. The van der Waals surface area contributed by atoms with Gasteiger partial charge in [0.1, 0.15) is 0 Å². The number of rotatable bonds is 6. The number of nitrogens with two attached hydrogens (primary N) is 1. The number of amides is 1.